The number of para-hydroxylation sites is 1. The second kappa shape index (κ2) is 9.79. The fraction of sp³-hybridized carbons (Fsp3) is 0.200. The first kappa shape index (κ1) is 22.4. The molecule has 0 fully saturated rings. The van der Waals surface area contributed by atoms with Crippen molar-refractivity contribution >= 4 is 16.9 Å². The standard InChI is InChI=1S/C25H22F2N2O4/c1-2-31-23(30)11-16-5-3-4-6-22(16)32-13-15-9-18(25-19(10-15)20(26)14-33-25)17-7-8-29-21(12-28)24(17)27/h3-10,14H,2,11-13,28H2,1H3. The van der Waals surface area contributed by atoms with Gasteiger partial charge in [-0.2, -0.15) is 0 Å². The highest BCUT2D eigenvalue weighted by molar-refractivity contribution is 5.93. The number of benzene rings is 2. The highest BCUT2D eigenvalue weighted by Crippen LogP contribution is 2.35. The molecule has 0 aliphatic rings. The maximum absolute atomic E-state index is 15.0. The second-order valence-electron chi connectivity index (χ2n) is 7.31. The quantitative estimate of drug-likeness (QED) is 0.382. The molecule has 2 aromatic carbocycles. The van der Waals surface area contributed by atoms with Gasteiger partial charge in [0.05, 0.1) is 24.1 Å². The number of hydrogen-bond donors (Lipinski definition) is 1. The number of aromatic nitrogens is 1. The van der Waals surface area contributed by atoms with Gasteiger partial charge in [-0.25, -0.2) is 8.78 Å². The summed E-state index contributed by atoms with van der Waals surface area (Å²) in [5.74, 6) is -1.01. The molecule has 0 amide bonds. The van der Waals surface area contributed by atoms with Gasteiger partial charge in [0.25, 0.3) is 0 Å². The van der Waals surface area contributed by atoms with Crippen LogP contribution in [0.4, 0.5) is 8.78 Å². The lowest BCUT2D eigenvalue weighted by Gasteiger charge is -2.13. The predicted octanol–water partition coefficient (Wildman–Crippen LogP) is 4.92. The summed E-state index contributed by atoms with van der Waals surface area (Å²) in [6.07, 6.45) is 2.49. The zero-order chi connectivity index (χ0) is 23.4. The van der Waals surface area contributed by atoms with E-state index in [0.717, 1.165) is 6.26 Å². The molecular weight excluding hydrogens is 430 g/mol. The Bertz CT molecular complexity index is 1300. The number of carbonyl (C=O) groups excluding carboxylic acids is 1. The molecular formula is C25H22F2N2O4. The molecule has 2 aromatic heterocycles. The van der Waals surface area contributed by atoms with Gasteiger partial charge in [-0.1, -0.05) is 18.2 Å². The van der Waals surface area contributed by atoms with E-state index in [4.69, 9.17) is 19.6 Å². The largest absolute Gasteiger partial charge is 0.489 e. The van der Waals surface area contributed by atoms with Crippen LogP contribution in [-0.2, 0) is 29.1 Å². The molecule has 6 nitrogen and oxygen atoms in total. The van der Waals surface area contributed by atoms with Crippen LogP contribution in [0.2, 0.25) is 0 Å². The SMILES string of the molecule is CCOC(=O)Cc1ccccc1OCc1cc(-c2ccnc(CN)c2F)c2occ(F)c2c1. The van der Waals surface area contributed by atoms with Gasteiger partial charge >= 0.3 is 5.97 Å². The molecule has 33 heavy (non-hydrogen) atoms. The van der Waals surface area contributed by atoms with Crippen LogP contribution < -0.4 is 10.5 Å². The fourth-order valence-electron chi connectivity index (χ4n) is 3.61. The summed E-state index contributed by atoms with van der Waals surface area (Å²) in [4.78, 5) is 15.8. The number of carbonyl (C=O) groups is 1. The normalized spacial score (nSPS) is 11.0. The summed E-state index contributed by atoms with van der Waals surface area (Å²) in [5, 5.41) is 0.205. The van der Waals surface area contributed by atoms with Crippen molar-refractivity contribution in [2.45, 2.75) is 26.5 Å². The summed E-state index contributed by atoms with van der Waals surface area (Å²) < 4.78 is 45.7. The van der Waals surface area contributed by atoms with Crippen LogP contribution in [0, 0.1) is 11.6 Å². The van der Waals surface area contributed by atoms with Crippen LogP contribution in [0.3, 0.4) is 0 Å². The Balaban J connectivity index is 1.68. The van der Waals surface area contributed by atoms with Crippen molar-refractivity contribution in [3.05, 3.63) is 83.4 Å². The van der Waals surface area contributed by atoms with Crippen molar-refractivity contribution in [2.24, 2.45) is 5.73 Å². The Hall–Kier alpha value is -3.78. The monoisotopic (exact) mass is 452 g/mol. The molecule has 0 aliphatic heterocycles. The van der Waals surface area contributed by atoms with Gasteiger partial charge in [-0.05, 0) is 36.8 Å². The lowest BCUT2D eigenvalue weighted by molar-refractivity contribution is -0.142. The van der Waals surface area contributed by atoms with Crippen LogP contribution >= 0.6 is 0 Å². The van der Waals surface area contributed by atoms with Gasteiger partial charge in [0.1, 0.15) is 24.2 Å². The van der Waals surface area contributed by atoms with E-state index < -0.39 is 11.6 Å². The molecule has 2 heterocycles. The minimum absolute atomic E-state index is 0.0594. The summed E-state index contributed by atoms with van der Waals surface area (Å²) in [7, 11) is 0. The third-order valence-electron chi connectivity index (χ3n) is 5.14. The Morgan fingerprint density at radius 1 is 1.15 bits per heavy atom. The van der Waals surface area contributed by atoms with Crippen LogP contribution in [-0.4, -0.2) is 17.6 Å². The number of furan rings is 1. The van der Waals surface area contributed by atoms with Crippen LogP contribution in [0.25, 0.3) is 22.1 Å². The lowest BCUT2D eigenvalue weighted by Crippen LogP contribution is -2.09. The summed E-state index contributed by atoms with van der Waals surface area (Å²) in [5.41, 5.74) is 7.73. The molecule has 0 unspecified atom stereocenters. The fourth-order valence-corrected chi connectivity index (χ4v) is 3.61. The molecule has 0 spiro atoms. The smallest absolute Gasteiger partial charge is 0.310 e. The number of rotatable bonds is 8. The molecule has 170 valence electrons. The van der Waals surface area contributed by atoms with Gasteiger partial charge in [0, 0.05) is 29.4 Å². The molecule has 0 aliphatic carbocycles. The molecule has 2 N–H and O–H groups in total. The average molecular weight is 452 g/mol. The molecule has 4 aromatic rings. The van der Waals surface area contributed by atoms with Crippen molar-refractivity contribution in [1.82, 2.24) is 4.98 Å². The Labute approximate surface area is 188 Å². The van der Waals surface area contributed by atoms with Crippen molar-refractivity contribution in [1.29, 1.82) is 0 Å². The maximum atomic E-state index is 15.0. The van der Waals surface area contributed by atoms with Crippen LogP contribution in [0.15, 0.2) is 59.3 Å². The number of esters is 1. The third-order valence-corrected chi connectivity index (χ3v) is 5.14. The van der Waals surface area contributed by atoms with Crippen LogP contribution in [0.5, 0.6) is 5.75 Å². The number of pyridine rings is 1. The molecule has 4 rings (SSSR count). The van der Waals surface area contributed by atoms with Gasteiger partial charge < -0.3 is 19.6 Å². The van der Waals surface area contributed by atoms with Crippen LogP contribution in [0.1, 0.15) is 23.7 Å². The third kappa shape index (κ3) is 4.70. The van der Waals surface area contributed by atoms with E-state index in [2.05, 4.69) is 4.98 Å². The highest BCUT2D eigenvalue weighted by atomic mass is 19.1. The first-order valence-electron chi connectivity index (χ1n) is 10.4. The first-order chi connectivity index (χ1) is 16.0. The van der Waals surface area contributed by atoms with Gasteiger partial charge in [0.15, 0.2) is 11.6 Å². The summed E-state index contributed by atoms with van der Waals surface area (Å²) in [6.45, 7) is 2.02. The van der Waals surface area contributed by atoms with E-state index in [1.165, 1.54) is 12.3 Å². The van der Waals surface area contributed by atoms with Crippen molar-refractivity contribution in [3.8, 4) is 16.9 Å². The molecule has 8 heteroatoms. The number of ether oxygens (including phenoxy) is 2. The average Bonchev–Trinajstić information content (AvgIpc) is 3.19. The minimum atomic E-state index is -0.587. The molecule has 0 bridgehead atoms. The lowest BCUT2D eigenvalue weighted by atomic mass is 10.00. The molecule has 0 saturated heterocycles. The molecule has 0 saturated carbocycles. The number of fused-ring (bicyclic) bond motifs is 1. The Kier molecular flexibility index (Phi) is 6.65. The van der Waals surface area contributed by atoms with E-state index in [1.54, 1.807) is 43.3 Å². The van der Waals surface area contributed by atoms with Crippen molar-refractivity contribution < 1.29 is 27.5 Å². The van der Waals surface area contributed by atoms with Crippen molar-refractivity contribution in [3.63, 3.8) is 0 Å². The zero-order valence-corrected chi connectivity index (χ0v) is 17.9. The van der Waals surface area contributed by atoms with E-state index in [-0.39, 0.29) is 47.8 Å². The second-order valence-corrected chi connectivity index (χ2v) is 7.31. The van der Waals surface area contributed by atoms with Gasteiger partial charge in [-0.15, -0.1) is 0 Å². The van der Waals surface area contributed by atoms with E-state index in [1.807, 2.05) is 0 Å². The number of halogens is 2. The summed E-state index contributed by atoms with van der Waals surface area (Å²) in [6, 6.07) is 11.9. The van der Waals surface area contributed by atoms with E-state index in [0.29, 0.717) is 29.0 Å². The van der Waals surface area contributed by atoms with Gasteiger partial charge in [-0.3, -0.25) is 9.78 Å². The first-order valence-corrected chi connectivity index (χ1v) is 10.4. The highest BCUT2D eigenvalue weighted by Gasteiger charge is 2.19. The maximum Gasteiger partial charge on any atom is 0.310 e. The molecule has 0 radical (unpaired) electrons. The minimum Gasteiger partial charge on any atom is -0.489 e. The number of nitrogens with two attached hydrogens (primary N) is 1. The summed E-state index contributed by atoms with van der Waals surface area (Å²) >= 11 is 0. The van der Waals surface area contributed by atoms with Gasteiger partial charge in [0.2, 0.25) is 0 Å². The zero-order valence-electron chi connectivity index (χ0n) is 17.9. The van der Waals surface area contributed by atoms with Crippen molar-refractivity contribution in [2.75, 3.05) is 6.61 Å². The van der Waals surface area contributed by atoms with E-state index >= 15 is 0 Å². The topological polar surface area (TPSA) is 87.6 Å². The van der Waals surface area contributed by atoms with E-state index in [9.17, 15) is 13.6 Å². The molecule has 0 atom stereocenters. The number of nitrogens with zero attached hydrogens (tertiary/aromatic N) is 1. The Morgan fingerprint density at radius 2 is 1.97 bits per heavy atom. The Morgan fingerprint density at radius 3 is 2.76 bits per heavy atom. The number of hydrogen-bond acceptors (Lipinski definition) is 6. The predicted molar refractivity (Wildman–Crippen MR) is 118 cm³/mol.